The highest BCUT2D eigenvalue weighted by molar-refractivity contribution is 6.00. The number of allylic oxidation sites excluding steroid dienone is 13. The van der Waals surface area contributed by atoms with Crippen molar-refractivity contribution in [2.75, 3.05) is 5.73 Å². The quantitative estimate of drug-likeness (QED) is 0.0705. The predicted octanol–water partition coefficient (Wildman–Crippen LogP) is 16.1. The summed E-state index contributed by atoms with van der Waals surface area (Å²) < 4.78 is 6.49. The van der Waals surface area contributed by atoms with Crippen LogP contribution in [0.2, 0.25) is 0 Å². The fraction of sp³-hybridized carbons (Fsp3) is 0.0492. The Labute approximate surface area is 389 Å². The van der Waals surface area contributed by atoms with E-state index in [4.69, 9.17) is 20.1 Å². The van der Waals surface area contributed by atoms with Gasteiger partial charge in [-0.2, -0.15) is 0 Å². The molecule has 0 aliphatic rings. The number of benzene rings is 5. The summed E-state index contributed by atoms with van der Waals surface area (Å²) in [6, 6.07) is 43.0. The molecule has 7 rings (SSSR count). The Morgan fingerprint density at radius 2 is 1.35 bits per heavy atom. The summed E-state index contributed by atoms with van der Waals surface area (Å²) >= 11 is 0. The zero-order valence-electron chi connectivity index (χ0n) is 37.8. The van der Waals surface area contributed by atoms with Crippen molar-refractivity contribution in [1.29, 1.82) is 0 Å². The van der Waals surface area contributed by atoms with Crippen LogP contribution in [-0.2, 0) is 0 Å². The molecule has 66 heavy (non-hydrogen) atoms. The van der Waals surface area contributed by atoms with Gasteiger partial charge in [0.15, 0.2) is 5.82 Å². The van der Waals surface area contributed by atoms with Gasteiger partial charge in [-0.05, 0) is 96.7 Å². The van der Waals surface area contributed by atoms with Gasteiger partial charge in [-0.25, -0.2) is 9.97 Å². The van der Waals surface area contributed by atoms with Gasteiger partial charge in [0.05, 0.1) is 11.4 Å². The van der Waals surface area contributed by atoms with Gasteiger partial charge in [0.2, 0.25) is 0 Å². The van der Waals surface area contributed by atoms with Crippen LogP contribution in [-0.4, -0.2) is 9.97 Å². The number of anilines is 1. The summed E-state index contributed by atoms with van der Waals surface area (Å²) in [4.78, 5) is 10.6. The van der Waals surface area contributed by atoms with Crippen molar-refractivity contribution in [2.24, 2.45) is 0 Å². The van der Waals surface area contributed by atoms with Crippen LogP contribution in [0.5, 0.6) is 0 Å². The molecular weight excluding hydrogens is 805 g/mol. The van der Waals surface area contributed by atoms with Gasteiger partial charge >= 0.3 is 0 Å². The molecule has 0 spiro atoms. The monoisotopic (exact) mass is 858 g/mol. The summed E-state index contributed by atoms with van der Waals surface area (Å²) in [5.74, 6) is 1.35. The lowest BCUT2D eigenvalue weighted by Gasteiger charge is -2.14. The Hall–Kier alpha value is -8.54. The van der Waals surface area contributed by atoms with Crippen molar-refractivity contribution in [1.82, 2.24) is 15.3 Å². The van der Waals surface area contributed by atoms with E-state index in [1.54, 1.807) is 12.2 Å². The first-order valence-electron chi connectivity index (χ1n) is 21.9. The van der Waals surface area contributed by atoms with Crippen LogP contribution in [0, 0.1) is 0 Å². The molecule has 324 valence electrons. The first-order chi connectivity index (χ1) is 32.3. The highest BCUT2D eigenvalue weighted by atomic mass is 16.3. The molecule has 2 aromatic heterocycles. The predicted molar refractivity (Wildman–Crippen MR) is 284 cm³/mol. The summed E-state index contributed by atoms with van der Waals surface area (Å²) in [6.07, 6.45) is 25.2. The molecule has 0 aliphatic carbocycles. The van der Waals surface area contributed by atoms with Gasteiger partial charge in [-0.1, -0.05) is 184 Å². The molecule has 5 aromatic carbocycles. The van der Waals surface area contributed by atoms with Crippen LogP contribution in [0.25, 0.3) is 79.7 Å². The second kappa shape index (κ2) is 21.7. The van der Waals surface area contributed by atoms with Crippen LogP contribution in [0.3, 0.4) is 0 Å². The van der Waals surface area contributed by atoms with E-state index in [-0.39, 0.29) is 0 Å². The van der Waals surface area contributed by atoms with E-state index in [0.29, 0.717) is 11.5 Å². The molecule has 2 heterocycles. The Morgan fingerprint density at radius 3 is 2.09 bits per heavy atom. The third kappa shape index (κ3) is 10.3. The SMILES string of the molecule is C=C\C=C/C(N/C=C/C(=C\c1ccccc1-c1ccccc1N)c1cc(-c2ccccc2)nc(-c2cccc(-c3cccc4c(C=C)c(/C=C\C)oc34)c2)n1)=C(C)/C(C)=C(C=C)/C=C\C=C. The number of furan rings is 1. The average molecular weight is 859 g/mol. The van der Waals surface area contributed by atoms with Gasteiger partial charge in [-0.3, -0.25) is 0 Å². The Balaban J connectivity index is 1.43. The van der Waals surface area contributed by atoms with Crippen LogP contribution in [0.1, 0.15) is 43.4 Å². The lowest BCUT2D eigenvalue weighted by atomic mass is 9.95. The molecule has 5 nitrogen and oxygen atoms in total. The highest BCUT2D eigenvalue weighted by Gasteiger charge is 2.17. The van der Waals surface area contributed by atoms with Crippen LogP contribution >= 0.6 is 0 Å². The second-order valence-electron chi connectivity index (χ2n) is 15.4. The van der Waals surface area contributed by atoms with E-state index >= 15 is 0 Å². The van der Waals surface area contributed by atoms with Crippen molar-refractivity contribution in [3.8, 4) is 44.9 Å². The minimum absolute atomic E-state index is 0.574. The summed E-state index contributed by atoms with van der Waals surface area (Å²) in [5.41, 5.74) is 22.1. The number of hydrogen-bond donors (Lipinski definition) is 2. The Morgan fingerprint density at radius 1 is 0.667 bits per heavy atom. The van der Waals surface area contributed by atoms with E-state index in [1.807, 2.05) is 116 Å². The lowest BCUT2D eigenvalue weighted by molar-refractivity contribution is 0.604. The summed E-state index contributed by atoms with van der Waals surface area (Å²) in [6.45, 7) is 22.1. The topological polar surface area (TPSA) is 77.0 Å². The van der Waals surface area contributed by atoms with Gasteiger partial charge in [0, 0.05) is 56.4 Å². The number of aromatic nitrogens is 2. The third-order valence-corrected chi connectivity index (χ3v) is 11.3. The maximum absolute atomic E-state index is 6.59. The number of nitrogens with one attached hydrogen (secondary N) is 1. The summed E-state index contributed by atoms with van der Waals surface area (Å²) in [7, 11) is 0. The fourth-order valence-corrected chi connectivity index (χ4v) is 7.77. The van der Waals surface area contributed by atoms with Gasteiger partial charge in [0.1, 0.15) is 11.3 Å². The Kier molecular flexibility index (Phi) is 15.0. The minimum atomic E-state index is 0.574. The zero-order valence-corrected chi connectivity index (χ0v) is 37.8. The first kappa shape index (κ1) is 45.5. The molecule has 7 aromatic rings. The molecule has 0 amide bonds. The summed E-state index contributed by atoms with van der Waals surface area (Å²) in [5, 5.41) is 4.59. The lowest BCUT2D eigenvalue weighted by Crippen LogP contribution is -2.07. The molecule has 5 heteroatoms. The number of nitrogens with two attached hydrogens (primary N) is 1. The van der Waals surface area contributed by atoms with Gasteiger partial charge in [0.25, 0.3) is 0 Å². The average Bonchev–Trinajstić information content (AvgIpc) is 3.72. The first-order valence-corrected chi connectivity index (χ1v) is 21.9. The molecule has 0 fully saturated rings. The van der Waals surface area contributed by atoms with Gasteiger partial charge < -0.3 is 15.5 Å². The van der Waals surface area contributed by atoms with E-state index in [9.17, 15) is 0 Å². The Bertz CT molecular complexity index is 3160. The number of nitrogens with zero attached hydrogens (tertiary/aromatic N) is 2. The smallest absolute Gasteiger partial charge is 0.160 e. The molecule has 0 saturated heterocycles. The molecular formula is C61H54N4O. The van der Waals surface area contributed by atoms with Crippen LogP contribution < -0.4 is 11.1 Å². The normalized spacial score (nSPS) is 12.8. The van der Waals surface area contributed by atoms with Crippen LogP contribution in [0.15, 0.2) is 241 Å². The van der Waals surface area contributed by atoms with Crippen LogP contribution in [0.4, 0.5) is 5.69 Å². The minimum Gasteiger partial charge on any atom is -0.455 e. The molecule has 0 saturated carbocycles. The standard InChI is InChI=1S/C61H54N4O/c1-8-13-25-44(11-4)42(6)43(7)56(36-14-9-2)63-38-37-48(39-46-28-18-19-31-51(46)53-32-20-21-35-55(53)62)58-41-57(45-26-16-15-17-27-45)64-61(65-58)49-30-22-29-47(40-49)52-33-23-34-54-50(12-5)59(24-10-3)66-60(52)54/h8-41,63H,1-2,4-5,62H2,3,6-7H3/b24-10-,25-13-,36-14-,38-37+,44-42+,48-39+,56-43-. The fourth-order valence-electron chi connectivity index (χ4n) is 7.77. The van der Waals surface area contributed by atoms with Crippen molar-refractivity contribution in [3.63, 3.8) is 0 Å². The molecule has 3 N–H and O–H groups in total. The molecule has 0 bridgehead atoms. The number of fused-ring (bicyclic) bond motifs is 1. The molecule has 0 atom stereocenters. The number of nitrogen functional groups attached to an aromatic ring is 1. The van der Waals surface area contributed by atoms with E-state index in [0.717, 1.165) is 101 Å². The number of hydrogen-bond acceptors (Lipinski definition) is 5. The van der Waals surface area contributed by atoms with E-state index in [2.05, 4.69) is 130 Å². The van der Waals surface area contributed by atoms with Crippen molar-refractivity contribution < 1.29 is 4.42 Å². The molecule has 0 unspecified atom stereocenters. The highest BCUT2D eigenvalue weighted by Crippen LogP contribution is 2.38. The molecule has 0 radical (unpaired) electrons. The van der Waals surface area contributed by atoms with Crippen molar-refractivity contribution in [3.05, 3.63) is 260 Å². The van der Waals surface area contributed by atoms with Crippen molar-refractivity contribution in [2.45, 2.75) is 20.8 Å². The molecule has 0 aliphatic heterocycles. The maximum Gasteiger partial charge on any atom is 0.160 e. The van der Waals surface area contributed by atoms with E-state index in [1.165, 1.54) is 0 Å². The third-order valence-electron chi connectivity index (χ3n) is 11.3. The van der Waals surface area contributed by atoms with Gasteiger partial charge in [-0.15, -0.1) is 0 Å². The zero-order chi connectivity index (χ0) is 46.4. The number of rotatable bonds is 17. The van der Waals surface area contributed by atoms with Crippen molar-refractivity contribution >= 4 is 40.5 Å². The number of para-hydroxylation sites is 2. The largest absolute Gasteiger partial charge is 0.455 e. The maximum atomic E-state index is 6.59. The van der Waals surface area contributed by atoms with E-state index < -0.39 is 0 Å². The second-order valence-corrected chi connectivity index (χ2v) is 15.4.